The molecule has 1 aliphatic rings. The highest BCUT2D eigenvalue weighted by Gasteiger charge is 2.24. The maximum Gasteiger partial charge on any atom is 0.131 e. The molecule has 1 aromatic heterocycles. The van der Waals surface area contributed by atoms with Crippen LogP contribution in [0.1, 0.15) is 24.6 Å². The third-order valence-electron chi connectivity index (χ3n) is 2.75. The van der Waals surface area contributed by atoms with Crippen LogP contribution in [0.25, 0.3) is 0 Å². The van der Waals surface area contributed by atoms with E-state index in [9.17, 15) is 4.39 Å². The third kappa shape index (κ3) is 2.10. The topological polar surface area (TPSA) is 24.9 Å². The van der Waals surface area contributed by atoms with E-state index in [1.54, 1.807) is 18.5 Å². The van der Waals surface area contributed by atoms with Gasteiger partial charge in [0.25, 0.3) is 0 Å². The van der Waals surface area contributed by atoms with E-state index < -0.39 is 6.17 Å². The summed E-state index contributed by atoms with van der Waals surface area (Å²) in [6.45, 7) is 1.81. The number of piperidine rings is 1. The van der Waals surface area contributed by atoms with Crippen LogP contribution in [0.15, 0.2) is 24.5 Å². The van der Waals surface area contributed by atoms with Crippen molar-refractivity contribution in [3.63, 3.8) is 0 Å². The fourth-order valence-corrected chi connectivity index (χ4v) is 1.94. The molecule has 0 aromatic carbocycles. The Hall–Kier alpha value is -0.960. The highest BCUT2D eigenvalue weighted by atomic mass is 19.1. The number of pyridine rings is 1. The largest absolute Gasteiger partial charge is 0.316 e. The van der Waals surface area contributed by atoms with E-state index in [4.69, 9.17) is 0 Å². The van der Waals surface area contributed by atoms with Crippen LogP contribution in [-0.4, -0.2) is 18.1 Å². The van der Waals surface area contributed by atoms with Crippen LogP contribution in [0.2, 0.25) is 0 Å². The SMILES string of the molecule is FC(c1cccnc1)C1CCCNC1. The Morgan fingerprint density at radius 1 is 1.57 bits per heavy atom. The number of aromatic nitrogens is 1. The first-order valence-electron chi connectivity index (χ1n) is 5.12. The van der Waals surface area contributed by atoms with Crippen molar-refractivity contribution >= 4 is 0 Å². The van der Waals surface area contributed by atoms with E-state index in [1.807, 2.05) is 6.07 Å². The van der Waals surface area contributed by atoms with Crippen molar-refractivity contribution in [3.05, 3.63) is 30.1 Å². The van der Waals surface area contributed by atoms with Crippen molar-refractivity contribution in [1.82, 2.24) is 10.3 Å². The summed E-state index contributed by atoms with van der Waals surface area (Å²) in [5.74, 6) is 0.118. The van der Waals surface area contributed by atoms with Gasteiger partial charge >= 0.3 is 0 Å². The summed E-state index contributed by atoms with van der Waals surface area (Å²) >= 11 is 0. The second kappa shape index (κ2) is 4.51. The number of rotatable bonds is 2. The van der Waals surface area contributed by atoms with Gasteiger partial charge in [-0.25, -0.2) is 4.39 Å². The monoisotopic (exact) mass is 194 g/mol. The molecule has 1 saturated heterocycles. The lowest BCUT2D eigenvalue weighted by Gasteiger charge is -2.25. The van der Waals surface area contributed by atoms with Crippen LogP contribution in [0.5, 0.6) is 0 Å². The van der Waals surface area contributed by atoms with Gasteiger partial charge in [-0.1, -0.05) is 6.07 Å². The number of alkyl halides is 1. The number of hydrogen-bond acceptors (Lipinski definition) is 2. The maximum absolute atomic E-state index is 13.9. The van der Waals surface area contributed by atoms with Gasteiger partial charge in [-0.15, -0.1) is 0 Å². The Kier molecular flexibility index (Phi) is 3.09. The Bertz CT molecular complexity index is 270. The van der Waals surface area contributed by atoms with Gasteiger partial charge in [-0.3, -0.25) is 4.98 Å². The number of hydrogen-bond donors (Lipinski definition) is 1. The molecular formula is C11H15FN2. The zero-order chi connectivity index (χ0) is 9.80. The van der Waals surface area contributed by atoms with E-state index in [0.29, 0.717) is 5.56 Å². The molecule has 0 saturated carbocycles. The molecule has 0 amide bonds. The minimum absolute atomic E-state index is 0.118. The van der Waals surface area contributed by atoms with Crippen LogP contribution in [-0.2, 0) is 0 Å². The van der Waals surface area contributed by atoms with Crippen LogP contribution < -0.4 is 5.32 Å². The zero-order valence-electron chi connectivity index (χ0n) is 8.12. The Morgan fingerprint density at radius 3 is 3.14 bits per heavy atom. The summed E-state index contributed by atoms with van der Waals surface area (Å²) in [6.07, 6.45) is 4.49. The molecule has 3 heteroatoms. The van der Waals surface area contributed by atoms with Crippen molar-refractivity contribution in [3.8, 4) is 0 Å². The quantitative estimate of drug-likeness (QED) is 0.779. The smallest absolute Gasteiger partial charge is 0.131 e. The van der Waals surface area contributed by atoms with Gasteiger partial charge in [0.05, 0.1) is 0 Å². The summed E-state index contributed by atoms with van der Waals surface area (Å²) in [5.41, 5.74) is 0.709. The third-order valence-corrected chi connectivity index (χ3v) is 2.75. The fraction of sp³-hybridized carbons (Fsp3) is 0.545. The molecule has 1 fully saturated rings. The van der Waals surface area contributed by atoms with E-state index >= 15 is 0 Å². The molecular weight excluding hydrogens is 179 g/mol. The molecule has 2 atom stereocenters. The molecule has 76 valence electrons. The average molecular weight is 194 g/mol. The summed E-state index contributed by atoms with van der Waals surface area (Å²) in [7, 11) is 0. The van der Waals surface area contributed by atoms with Gasteiger partial charge < -0.3 is 5.32 Å². The van der Waals surface area contributed by atoms with Gasteiger partial charge in [-0.2, -0.15) is 0 Å². The van der Waals surface area contributed by atoms with Crippen LogP contribution in [0, 0.1) is 5.92 Å². The summed E-state index contributed by atoms with van der Waals surface area (Å²) in [4.78, 5) is 3.94. The zero-order valence-corrected chi connectivity index (χ0v) is 8.12. The maximum atomic E-state index is 13.9. The highest BCUT2D eigenvalue weighted by molar-refractivity contribution is 5.13. The lowest BCUT2D eigenvalue weighted by atomic mass is 9.91. The molecule has 0 spiro atoms. The van der Waals surface area contributed by atoms with Crippen molar-refractivity contribution in [2.75, 3.05) is 13.1 Å². The molecule has 2 rings (SSSR count). The Morgan fingerprint density at radius 2 is 2.50 bits per heavy atom. The Balaban J connectivity index is 2.03. The van der Waals surface area contributed by atoms with Crippen molar-refractivity contribution < 1.29 is 4.39 Å². The number of nitrogens with one attached hydrogen (secondary N) is 1. The predicted molar refractivity (Wildman–Crippen MR) is 53.7 cm³/mol. The molecule has 14 heavy (non-hydrogen) atoms. The molecule has 1 N–H and O–H groups in total. The van der Waals surface area contributed by atoms with Crippen LogP contribution >= 0.6 is 0 Å². The Labute approximate surface area is 83.6 Å². The van der Waals surface area contributed by atoms with E-state index in [2.05, 4.69) is 10.3 Å². The average Bonchev–Trinajstić information content (AvgIpc) is 2.30. The summed E-state index contributed by atoms with van der Waals surface area (Å²) in [6, 6.07) is 3.60. The minimum atomic E-state index is -0.864. The first kappa shape index (κ1) is 9.59. The number of nitrogens with zero attached hydrogens (tertiary/aromatic N) is 1. The molecule has 0 aliphatic carbocycles. The predicted octanol–water partition coefficient (Wildman–Crippen LogP) is 2.09. The van der Waals surface area contributed by atoms with E-state index in [0.717, 1.165) is 25.9 Å². The lowest BCUT2D eigenvalue weighted by Crippen LogP contribution is -2.32. The minimum Gasteiger partial charge on any atom is -0.316 e. The first-order chi connectivity index (χ1) is 6.88. The molecule has 1 aliphatic heterocycles. The van der Waals surface area contributed by atoms with Gasteiger partial charge in [0.15, 0.2) is 0 Å². The first-order valence-corrected chi connectivity index (χ1v) is 5.12. The molecule has 2 nitrogen and oxygen atoms in total. The molecule has 0 bridgehead atoms. The number of halogens is 1. The summed E-state index contributed by atoms with van der Waals surface area (Å²) in [5, 5.41) is 3.23. The standard InChI is InChI=1S/C11H15FN2/c12-11(9-3-1-5-13-7-9)10-4-2-6-14-8-10/h1,3,5,7,10-11,14H,2,4,6,8H2. The fourth-order valence-electron chi connectivity index (χ4n) is 1.94. The lowest BCUT2D eigenvalue weighted by molar-refractivity contribution is 0.194. The molecule has 1 aromatic rings. The van der Waals surface area contributed by atoms with Crippen molar-refractivity contribution in [1.29, 1.82) is 0 Å². The highest BCUT2D eigenvalue weighted by Crippen LogP contribution is 2.29. The van der Waals surface area contributed by atoms with Gasteiger partial charge in [0.2, 0.25) is 0 Å². The van der Waals surface area contributed by atoms with Crippen molar-refractivity contribution in [2.24, 2.45) is 5.92 Å². The second-order valence-corrected chi connectivity index (χ2v) is 3.79. The molecule has 2 unspecified atom stereocenters. The summed E-state index contributed by atoms with van der Waals surface area (Å²) < 4.78 is 13.9. The van der Waals surface area contributed by atoms with Gasteiger partial charge in [0.1, 0.15) is 6.17 Å². The van der Waals surface area contributed by atoms with Gasteiger partial charge in [0, 0.05) is 30.4 Å². The molecule has 0 radical (unpaired) electrons. The van der Waals surface area contributed by atoms with Crippen LogP contribution in [0.3, 0.4) is 0 Å². The molecule has 2 heterocycles. The van der Waals surface area contributed by atoms with E-state index in [-0.39, 0.29) is 5.92 Å². The van der Waals surface area contributed by atoms with Gasteiger partial charge in [-0.05, 0) is 25.5 Å². The normalized spacial score (nSPS) is 24.5. The second-order valence-electron chi connectivity index (χ2n) is 3.79. The van der Waals surface area contributed by atoms with E-state index in [1.165, 1.54) is 0 Å². The van der Waals surface area contributed by atoms with Crippen molar-refractivity contribution in [2.45, 2.75) is 19.0 Å². The van der Waals surface area contributed by atoms with Crippen LogP contribution in [0.4, 0.5) is 4.39 Å².